The van der Waals surface area contributed by atoms with Gasteiger partial charge in [-0.1, -0.05) is 15.9 Å². The molecule has 1 aromatic carbocycles. The fourth-order valence-corrected chi connectivity index (χ4v) is 2.48. The van der Waals surface area contributed by atoms with Crippen molar-refractivity contribution in [3.8, 4) is 0 Å². The first kappa shape index (κ1) is 13.8. The Hall–Kier alpha value is -1.66. The Labute approximate surface area is 122 Å². The molecule has 2 aromatic rings. The summed E-state index contributed by atoms with van der Waals surface area (Å²) in [5.74, 6) is -1.33. The molecule has 0 bridgehead atoms. The van der Waals surface area contributed by atoms with Gasteiger partial charge in [-0.3, -0.25) is 4.79 Å². The van der Waals surface area contributed by atoms with E-state index in [9.17, 15) is 9.59 Å². The van der Waals surface area contributed by atoms with Crippen molar-refractivity contribution in [2.75, 3.05) is 5.32 Å². The molecule has 0 saturated heterocycles. The highest BCUT2D eigenvalue weighted by Crippen LogP contribution is 2.22. The highest BCUT2D eigenvalue weighted by Gasteiger charge is 2.13. The number of amides is 1. The maximum Gasteiger partial charge on any atom is 0.345 e. The van der Waals surface area contributed by atoms with E-state index in [4.69, 9.17) is 5.11 Å². The molecule has 2 N–H and O–H groups in total. The molecule has 19 heavy (non-hydrogen) atoms. The number of hydrogen-bond acceptors (Lipinski definition) is 3. The fraction of sp³-hybridized carbons (Fsp3) is 0.0769. The number of nitrogens with one attached hydrogen (secondary N) is 1. The number of carboxylic acids is 1. The summed E-state index contributed by atoms with van der Waals surface area (Å²) < 4.78 is 0.967. The van der Waals surface area contributed by atoms with Gasteiger partial charge in [-0.25, -0.2) is 4.79 Å². The molecule has 0 spiro atoms. The summed E-state index contributed by atoms with van der Waals surface area (Å²) in [4.78, 5) is 23.2. The summed E-state index contributed by atoms with van der Waals surface area (Å²) in [5.41, 5.74) is 1.69. The molecule has 6 heteroatoms. The van der Waals surface area contributed by atoms with Gasteiger partial charge < -0.3 is 10.4 Å². The Balaban J connectivity index is 2.15. The topological polar surface area (TPSA) is 66.4 Å². The van der Waals surface area contributed by atoms with E-state index in [1.165, 1.54) is 12.1 Å². The molecule has 0 radical (unpaired) electrons. The molecule has 0 atom stereocenters. The zero-order valence-corrected chi connectivity index (χ0v) is 12.3. The van der Waals surface area contributed by atoms with Gasteiger partial charge >= 0.3 is 5.97 Å². The van der Waals surface area contributed by atoms with Gasteiger partial charge in [0.05, 0.1) is 4.88 Å². The number of hydrogen-bond donors (Lipinski definition) is 2. The number of aromatic carboxylic acids is 1. The molecule has 0 aliphatic rings. The average molecular weight is 340 g/mol. The molecule has 0 aliphatic carbocycles. The Bertz CT molecular complexity index is 651. The lowest BCUT2D eigenvalue weighted by Gasteiger charge is -2.05. The quantitative estimate of drug-likeness (QED) is 0.894. The number of anilines is 1. The summed E-state index contributed by atoms with van der Waals surface area (Å²) >= 11 is 4.34. The van der Waals surface area contributed by atoms with E-state index in [2.05, 4.69) is 21.2 Å². The van der Waals surface area contributed by atoms with Gasteiger partial charge in [0.15, 0.2) is 0 Å². The predicted molar refractivity (Wildman–Crippen MR) is 78.1 cm³/mol. The molecule has 0 aliphatic heterocycles. The van der Waals surface area contributed by atoms with E-state index in [-0.39, 0.29) is 10.8 Å². The number of carboxylic acid groups (broad SMARTS) is 1. The molecule has 1 aromatic heterocycles. The second-order valence-corrected chi connectivity index (χ2v) is 5.83. The van der Waals surface area contributed by atoms with Crippen molar-refractivity contribution in [2.24, 2.45) is 0 Å². The first-order valence-electron chi connectivity index (χ1n) is 5.38. The van der Waals surface area contributed by atoms with Crippen LogP contribution < -0.4 is 5.32 Å². The lowest BCUT2D eigenvalue weighted by atomic mass is 10.2. The number of halogens is 1. The van der Waals surface area contributed by atoms with Gasteiger partial charge in [0.2, 0.25) is 0 Å². The van der Waals surface area contributed by atoms with Crippen molar-refractivity contribution < 1.29 is 14.7 Å². The van der Waals surface area contributed by atoms with Crippen molar-refractivity contribution in [3.05, 3.63) is 50.1 Å². The molecule has 4 nitrogen and oxygen atoms in total. The standard InChI is InChI=1S/C13H10BrNO3S/c1-7-6-8(2-3-9(7)14)15-12(16)10-4-5-11(19-10)13(17)18/h2-6H,1H3,(H,15,16)(H,17,18). The average Bonchev–Trinajstić information content (AvgIpc) is 2.83. The van der Waals surface area contributed by atoms with Gasteiger partial charge in [-0.15, -0.1) is 11.3 Å². The van der Waals surface area contributed by atoms with Gasteiger partial charge in [-0.2, -0.15) is 0 Å². The third-order valence-corrected chi connectivity index (χ3v) is 4.42. The number of rotatable bonds is 3. The molecular formula is C13H10BrNO3S. The van der Waals surface area contributed by atoms with Crippen molar-refractivity contribution >= 4 is 44.8 Å². The van der Waals surface area contributed by atoms with Crippen molar-refractivity contribution in [2.45, 2.75) is 6.92 Å². The monoisotopic (exact) mass is 339 g/mol. The minimum Gasteiger partial charge on any atom is -0.477 e. The molecule has 98 valence electrons. The van der Waals surface area contributed by atoms with Crippen LogP contribution in [0.2, 0.25) is 0 Å². The Morgan fingerprint density at radius 2 is 1.89 bits per heavy atom. The number of thiophene rings is 1. The van der Waals surface area contributed by atoms with E-state index in [1.54, 1.807) is 6.07 Å². The number of carbonyl (C=O) groups is 2. The number of aryl methyl sites for hydroxylation is 1. The smallest absolute Gasteiger partial charge is 0.345 e. The van der Waals surface area contributed by atoms with Crippen LogP contribution in [0.25, 0.3) is 0 Å². The molecular weight excluding hydrogens is 330 g/mol. The zero-order chi connectivity index (χ0) is 14.0. The molecule has 0 saturated carbocycles. The van der Waals surface area contributed by atoms with E-state index in [1.807, 2.05) is 19.1 Å². The summed E-state index contributed by atoms with van der Waals surface area (Å²) in [6.07, 6.45) is 0. The van der Waals surface area contributed by atoms with Crippen molar-refractivity contribution in [1.82, 2.24) is 0 Å². The Morgan fingerprint density at radius 3 is 2.47 bits per heavy atom. The second-order valence-electron chi connectivity index (χ2n) is 3.89. The van der Waals surface area contributed by atoms with Crippen LogP contribution in [0.3, 0.4) is 0 Å². The third kappa shape index (κ3) is 3.21. The van der Waals surface area contributed by atoms with Crippen LogP contribution in [-0.2, 0) is 0 Å². The van der Waals surface area contributed by atoms with Crippen molar-refractivity contribution in [1.29, 1.82) is 0 Å². The summed E-state index contributed by atoms with van der Waals surface area (Å²) in [7, 11) is 0. The first-order chi connectivity index (χ1) is 8.97. The number of carbonyl (C=O) groups excluding carboxylic acids is 1. The SMILES string of the molecule is Cc1cc(NC(=O)c2ccc(C(=O)O)s2)ccc1Br. The van der Waals surface area contributed by atoms with E-state index in [0.29, 0.717) is 10.6 Å². The first-order valence-corrected chi connectivity index (χ1v) is 6.99. The van der Waals surface area contributed by atoms with Crippen LogP contribution in [-0.4, -0.2) is 17.0 Å². The normalized spacial score (nSPS) is 10.2. The summed E-state index contributed by atoms with van der Waals surface area (Å²) in [6.45, 7) is 1.92. The zero-order valence-electron chi connectivity index (χ0n) is 9.94. The van der Waals surface area contributed by atoms with Crippen LogP contribution in [0.4, 0.5) is 5.69 Å². The van der Waals surface area contributed by atoms with E-state index in [0.717, 1.165) is 21.4 Å². The fourth-order valence-electron chi connectivity index (χ4n) is 1.49. The Kier molecular flexibility index (Phi) is 4.01. The largest absolute Gasteiger partial charge is 0.477 e. The minimum absolute atomic E-state index is 0.150. The molecule has 0 unspecified atom stereocenters. The lowest BCUT2D eigenvalue weighted by molar-refractivity contribution is 0.0702. The van der Waals surface area contributed by atoms with Gasteiger partial charge in [0, 0.05) is 10.2 Å². The highest BCUT2D eigenvalue weighted by molar-refractivity contribution is 9.10. The lowest BCUT2D eigenvalue weighted by Crippen LogP contribution is -2.10. The highest BCUT2D eigenvalue weighted by atomic mass is 79.9. The summed E-state index contributed by atoms with van der Waals surface area (Å²) in [6, 6.07) is 8.40. The van der Waals surface area contributed by atoms with Crippen LogP contribution in [0.15, 0.2) is 34.8 Å². The van der Waals surface area contributed by atoms with Crippen LogP contribution in [0, 0.1) is 6.92 Å². The van der Waals surface area contributed by atoms with Gasteiger partial charge in [-0.05, 0) is 42.8 Å². The van der Waals surface area contributed by atoms with Gasteiger partial charge in [0.25, 0.3) is 5.91 Å². The second kappa shape index (κ2) is 5.54. The Morgan fingerprint density at radius 1 is 1.21 bits per heavy atom. The van der Waals surface area contributed by atoms with E-state index >= 15 is 0 Å². The third-order valence-electron chi connectivity index (χ3n) is 2.46. The molecule has 1 heterocycles. The maximum absolute atomic E-state index is 11.9. The van der Waals surface area contributed by atoms with Crippen LogP contribution in [0.1, 0.15) is 24.9 Å². The molecule has 0 fully saturated rings. The minimum atomic E-state index is -1.02. The van der Waals surface area contributed by atoms with Crippen LogP contribution >= 0.6 is 27.3 Å². The number of benzene rings is 1. The van der Waals surface area contributed by atoms with E-state index < -0.39 is 5.97 Å². The van der Waals surface area contributed by atoms with Crippen LogP contribution in [0.5, 0.6) is 0 Å². The van der Waals surface area contributed by atoms with Gasteiger partial charge in [0.1, 0.15) is 4.88 Å². The van der Waals surface area contributed by atoms with Crippen molar-refractivity contribution in [3.63, 3.8) is 0 Å². The molecule has 2 rings (SSSR count). The molecule has 1 amide bonds. The predicted octanol–water partition coefficient (Wildman–Crippen LogP) is 3.77. The summed E-state index contributed by atoms with van der Waals surface area (Å²) in [5, 5.41) is 11.5. The maximum atomic E-state index is 11.9.